The third-order valence-corrected chi connectivity index (χ3v) is 6.03. The third kappa shape index (κ3) is 6.51. The van der Waals surface area contributed by atoms with Crippen LogP contribution in [0.2, 0.25) is 0 Å². The molecule has 0 bridgehead atoms. The van der Waals surface area contributed by atoms with Gasteiger partial charge in [0.1, 0.15) is 6.10 Å². The second-order valence-electron chi connectivity index (χ2n) is 7.47. The van der Waals surface area contributed by atoms with Gasteiger partial charge in [-0.05, 0) is 38.8 Å². The lowest BCUT2D eigenvalue weighted by Gasteiger charge is -2.36. The van der Waals surface area contributed by atoms with E-state index in [-0.39, 0.29) is 37.0 Å². The van der Waals surface area contributed by atoms with Crippen LogP contribution in [-0.2, 0) is 14.3 Å². The van der Waals surface area contributed by atoms with Gasteiger partial charge in [0.2, 0.25) is 11.8 Å². The number of amides is 2. The van der Waals surface area contributed by atoms with Gasteiger partial charge in [0.05, 0.1) is 25.2 Å². The van der Waals surface area contributed by atoms with E-state index in [1.807, 2.05) is 0 Å². The highest BCUT2D eigenvalue weighted by atomic mass is 32.1. The highest BCUT2D eigenvalue weighted by Crippen LogP contribution is 2.23. The highest BCUT2D eigenvalue weighted by Gasteiger charge is 2.33. The van der Waals surface area contributed by atoms with E-state index in [1.54, 1.807) is 11.6 Å². The summed E-state index contributed by atoms with van der Waals surface area (Å²) in [6.45, 7) is 2.75. The molecule has 0 spiro atoms. The Morgan fingerprint density at radius 3 is 2.79 bits per heavy atom. The Kier molecular flexibility index (Phi) is 8.20. The third-order valence-electron chi connectivity index (χ3n) is 5.34. The number of piperidine rings is 1. The molecule has 0 unspecified atom stereocenters. The zero-order chi connectivity index (χ0) is 19.8. The van der Waals surface area contributed by atoms with Crippen LogP contribution in [0, 0.1) is 0 Å². The summed E-state index contributed by atoms with van der Waals surface area (Å²) in [7, 11) is 0. The molecule has 1 aromatic heterocycles. The van der Waals surface area contributed by atoms with E-state index in [0.29, 0.717) is 24.4 Å². The van der Waals surface area contributed by atoms with Crippen LogP contribution in [0.1, 0.15) is 44.9 Å². The number of aliphatic hydroxyl groups excluding tert-OH is 1. The molecule has 0 aliphatic carbocycles. The summed E-state index contributed by atoms with van der Waals surface area (Å²) in [6, 6.07) is -0.211. The maximum absolute atomic E-state index is 12.3. The normalized spacial score (nSPS) is 26.0. The number of anilines is 1. The van der Waals surface area contributed by atoms with Gasteiger partial charge in [-0.15, -0.1) is 11.3 Å². The first-order valence-corrected chi connectivity index (χ1v) is 11.0. The van der Waals surface area contributed by atoms with Crippen LogP contribution >= 0.6 is 11.3 Å². The topological polar surface area (TPSA) is 104 Å². The second-order valence-corrected chi connectivity index (χ2v) is 8.37. The number of ether oxygens (including phenoxy) is 1. The Labute approximate surface area is 169 Å². The lowest BCUT2D eigenvalue weighted by Crippen LogP contribution is -2.51. The Hall–Kier alpha value is -1.55. The molecule has 0 aromatic carbocycles. The first-order chi connectivity index (χ1) is 13.6. The smallest absolute Gasteiger partial charge is 0.228 e. The van der Waals surface area contributed by atoms with Crippen LogP contribution in [-0.4, -0.2) is 71.3 Å². The van der Waals surface area contributed by atoms with E-state index < -0.39 is 6.10 Å². The van der Waals surface area contributed by atoms with Crippen molar-refractivity contribution < 1.29 is 19.4 Å². The van der Waals surface area contributed by atoms with Gasteiger partial charge >= 0.3 is 0 Å². The van der Waals surface area contributed by atoms with Gasteiger partial charge in [0.25, 0.3) is 0 Å². The first kappa shape index (κ1) is 21.2. The largest absolute Gasteiger partial charge is 0.394 e. The summed E-state index contributed by atoms with van der Waals surface area (Å²) in [4.78, 5) is 30.8. The predicted octanol–water partition coefficient (Wildman–Crippen LogP) is 1.37. The summed E-state index contributed by atoms with van der Waals surface area (Å²) >= 11 is 1.37. The molecule has 9 heteroatoms. The quantitative estimate of drug-likeness (QED) is 0.598. The van der Waals surface area contributed by atoms with Crippen molar-refractivity contribution in [2.24, 2.45) is 0 Å². The van der Waals surface area contributed by atoms with Crippen LogP contribution in [0.3, 0.4) is 0 Å². The molecule has 2 fully saturated rings. The van der Waals surface area contributed by atoms with Crippen molar-refractivity contribution in [3.8, 4) is 0 Å². The number of carbonyl (C=O) groups is 2. The Morgan fingerprint density at radius 2 is 2.07 bits per heavy atom. The van der Waals surface area contributed by atoms with E-state index in [9.17, 15) is 14.7 Å². The minimum absolute atomic E-state index is 0.00223. The Bertz CT molecular complexity index is 621. The average Bonchev–Trinajstić information content (AvgIpc) is 3.21. The first-order valence-electron chi connectivity index (χ1n) is 10.1. The fraction of sp³-hybridized carbons (Fsp3) is 0.737. The van der Waals surface area contributed by atoms with Gasteiger partial charge in [-0.25, -0.2) is 4.98 Å². The van der Waals surface area contributed by atoms with Crippen molar-refractivity contribution in [3.05, 3.63) is 11.6 Å². The van der Waals surface area contributed by atoms with Gasteiger partial charge in [-0.3, -0.25) is 9.59 Å². The van der Waals surface area contributed by atoms with Gasteiger partial charge in [-0.1, -0.05) is 6.42 Å². The fourth-order valence-electron chi connectivity index (χ4n) is 3.83. The van der Waals surface area contributed by atoms with Crippen LogP contribution in [0.4, 0.5) is 5.13 Å². The van der Waals surface area contributed by atoms with Gasteiger partial charge in [0.15, 0.2) is 5.13 Å². The predicted molar refractivity (Wildman–Crippen MR) is 107 cm³/mol. The van der Waals surface area contributed by atoms with Crippen molar-refractivity contribution in [1.82, 2.24) is 15.2 Å². The Balaban J connectivity index is 1.39. The summed E-state index contributed by atoms with van der Waals surface area (Å²) in [5.41, 5.74) is 0. The summed E-state index contributed by atoms with van der Waals surface area (Å²) in [6.07, 6.45) is 6.63. The molecule has 3 atom stereocenters. The molecule has 1 aromatic rings. The van der Waals surface area contributed by atoms with Crippen LogP contribution < -0.4 is 10.6 Å². The number of nitrogens with one attached hydrogen (secondary N) is 2. The molecule has 3 heterocycles. The van der Waals surface area contributed by atoms with Gasteiger partial charge in [0, 0.05) is 24.5 Å². The molecule has 0 radical (unpaired) electrons. The van der Waals surface area contributed by atoms with E-state index in [1.165, 1.54) is 30.6 Å². The molecule has 0 saturated carbocycles. The van der Waals surface area contributed by atoms with Crippen molar-refractivity contribution >= 4 is 28.3 Å². The molecule has 2 saturated heterocycles. The monoisotopic (exact) mass is 410 g/mol. The molecule has 3 rings (SSSR count). The number of nitrogens with zero attached hydrogens (tertiary/aromatic N) is 2. The number of rotatable bonds is 8. The summed E-state index contributed by atoms with van der Waals surface area (Å²) in [5, 5.41) is 17.8. The van der Waals surface area contributed by atoms with Crippen molar-refractivity contribution in [3.63, 3.8) is 0 Å². The molecule has 156 valence electrons. The maximum Gasteiger partial charge on any atom is 0.228 e. The van der Waals surface area contributed by atoms with E-state index >= 15 is 0 Å². The molecule has 2 aliphatic rings. The zero-order valence-electron chi connectivity index (χ0n) is 16.1. The number of aliphatic hydroxyl groups is 1. The maximum atomic E-state index is 12.3. The average molecular weight is 411 g/mol. The summed E-state index contributed by atoms with van der Waals surface area (Å²) in [5.74, 6) is -0.154. The van der Waals surface area contributed by atoms with Crippen LogP contribution in [0.15, 0.2) is 11.6 Å². The summed E-state index contributed by atoms with van der Waals surface area (Å²) < 4.78 is 5.88. The molecular formula is C19H30N4O4S. The molecule has 3 N–H and O–H groups in total. The van der Waals surface area contributed by atoms with Gasteiger partial charge < -0.3 is 25.4 Å². The minimum atomic E-state index is -0.481. The van der Waals surface area contributed by atoms with E-state index in [2.05, 4.69) is 20.5 Å². The fourth-order valence-corrected chi connectivity index (χ4v) is 4.38. The van der Waals surface area contributed by atoms with Crippen LogP contribution in [0.25, 0.3) is 0 Å². The number of hydrogen-bond donors (Lipinski definition) is 3. The SMILES string of the molecule is O=C(C[C@H]1CC[C@H](NC(=O)CCN2CCCCC2)[C@@H](CO)O1)Nc1nccs1. The number of thiazole rings is 1. The molecule has 28 heavy (non-hydrogen) atoms. The number of likely N-dealkylation sites (tertiary alicyclic amines) is 1. The second kappa shape index (κ2) is 10.8. The van der Waals surface area contributed by atoms with Crippen molar-refractivity contribution in [1.29, 1.82) is 0 Å². The lowest BCUT2D eigenvalue weighted by molar-refractivity contribution is -0.133. The minimum Gasteiger partial charge on any atom is -0.394 e. The zero-order valence-corrected chi connectivity index (χ0v) is 17.0. The van der Waals surface area contributed by atoms with Crippen molar-refractivity contribution in [2.45, 2.75) is 63.2 Å². The number of hydrogen-bond acceptors (Lipinski definition) is 7. The number of aromatic nitrogens is 1. The molecule has 8 nitrogen and oxygen atoms in total. The number of carbonyl (C=O) groups excluding carboxylic acids is 2. The molecule has 2 aliphatic heterocycles. The molecule has 2 amide bonds. The lowest BCUT2D eigenvalue weighted by atomic mass is 9.96. The van der Waals surface area contributed by atoms with Crippen LogP contribution in [0.5, 0.6) is 0 Å². The van der Waals surface area contributed by atoms with Gasteiger partial charge in [-0.2, -0.15) is 0 Å². The standard InChI is InChI=1S/C19H30N4O4S/c24-13-16-15(21-17(25)6-10-23-8-2-1-3-9-23)5-4-14(27-16)12-18(26)22-19-20-7-11-28-19/h7,11,14-16,24H,1-6,8-10,12-13H2,(H,21,25)(H,20,22,26)/t14-,15+,16-/m1/s1. The Morgan fingerprint density at radius 1 is 1.25 bits per heavy atom. The highest BCUT2D eigenvalue weighted by molar-refractivity contribution is 7.13. The van der Waals surface area contributed by atoms with E-state index in [0.717, 1.165) is 19.6 Å². The van der Waals surface area contributed by atoms with E-state index in [4.69, 9.17) is 4.74 Å². The molecular weight excluding hydrogens is 380 g/mol. The van der Waals surface area contributed by atoms with Crippen molar-refractivity contribution in [2.75, 3.05) is 31.6 Å².